The number of nitro benzene ring substituents is 1. The topological polar surface area (TPSA) is 90.9 Å². The number of non-ortho nitro benzene ring substituents is 1. The Hall–Kier alpha value is -3.35. The lowest BCUT2D eigenvalue weighted by Crippen LogP contribution is -2.09. The van der Waals surface area contributed by atoms with Gasteiger partial charge in [0, 0.05) is 18.2 Å². The number of aromatic nitrogens is 3. The van der Waals surface area contributed by atoms with E-state index >= 15 is 0 Å². The van der Waals surface area contributed by atoms with Crippen LogP contribution in [0.3, 0.4) is 0 Å². The molecule has 0 bridgehead atoms. The zero-order valence-corrected chi connectivity index (χ0v) is 11.3. The van der Waals surface area contributed by atoms with E-state index < -0.39 is 4.92 Å². The maximum absolute atomic E-state index is 12.2. The minimum atomic E-state index is -0.518. The molecule has 2 aromatic carbocycles. The fourth-order valence-electron chi connectivity index (χ4n) is 1.99. The van der Waals surface area contributed by atoms with Gasteiger partial charge in [0.05, 0.1) is 10.4 Å². The molecule has 0 aliphatic carbocycles. The molecule has 22 heavy (non-hydrogen) atoms. The van der Waals surface area contributed by atoms with E-state index in [-0.39, 0.29) is 11.6 Å². The van der Waals surface area contributed by atoms with Gasteiger partial charge in [-0.3, -0.25) is 14.9 Å². The highest BCUT2D eigenvalue weighted by atomic mass is 16.6. The average Bonchev–Trinajstić information content (AvgIpc) is 2.96. The molecule has 0 radical (unpaired) electrons. The molecule has 7 nitrogen and oxygen atoms in total. The van der Waals surface area contributed by atoms with E-state index in [0.717, 1.165) is 10.2 Å². The molecule has 0 aliphatic rings. The van der Waals surface area contributed by atoms with E-state index in [1.165, 1.54) is 24.3 Å². The van der Waals surface area contributed by atoms with Gasteiger partial charge in [0.25, 0.3) is 11.6 Å². The zero-order chi connectivity index (χ0) is 15.5. The second-order valence-corrected chi connectivity index (χ2v) is 4.51. The number of hydrogen-bond donors (Lipinski definition) is 0. The van der Waals surface area contributed by atoms with Crippen LogP contribution in [0.5, 0.6) is 0 Å². The molecule has 1 aromatic heterocycles. The van der Waals surface area contributed by atoms with Crippen LogP contribution in [-0.4, -0.2) is 25.8 Å². The summed E-state index contributed by atoms with van der Waals surface area (Å²) in [5.41, 5.74) is 1.52. The van der Waals surface area contributed by atoms with Crippen molar-refractivity contribution in [1.29, 1.82) is 0 Å². The highest BCUT2D eigenvalue weighted by molar-refractivity contribution is 5.98. The quantitative estimate of drug-likeness (QED) is 0.421. The molecular weight excluding hydrogens is 284 g/mol. The summed E-state index contributed by atoms with van der Waals surface area (Å²) in [6.45, 7) is 0. The van der Waals surface area contributed by atoms with E-state index in [1.807, 2.05) is 30.3 Å². The van der Waals surface area contributed by atoms with Gasteiger partial charge in [0.2, 0.25) is 0 Å². The molecule has 0 amide bonds. The smallest absolute Gasteiger partial charge is 0.267 e. The molecule has 3 aromatic rings. The summed E-state index contributed by atoms with van der Waals surface area (Å²) in [6.07, 6.45) is 3.05. The first-order valence-corrected chi connectivity index (χ1v) is 6.42. The van der Waals surface area contributed by atoms with Gasteiger partial charge < -0.3 is 0 Å². The Morgan fingerprint density at radius 1 is 1.18 bits per heavy atom. The van der Waals surface area contributed by atoms with Gasteiger partial charge in [-0.05, 0) is 17.7 Å². The SMILES string of the molecule is O=C(/C=C/c1ccccc1)n1nnc2cc([N+](=O)[O-])ccc21. The summed E-state index contributed by atoms with van der Waals surface area (Å²) in [5.74, 6) is -0.375. The maximum atomic E-state index is 12.2. The Morgan fingerprint density at radius 2 is 1.95 bits per heavy atom. The van der Waals surface area contributed by atoms with Gasteiger partial charge in [0.1, 0.15) is 5.52 Å². The molecular formula is C15H10N4O3. The summed E-state index contributed by atoms with van der Waals surface area (Å²) in [4.78, 5) is 22.4. The first-order valence-electron chi connectivity index (χ1n) is 6.42. The van der Waals surface area contributed by atoms with Crippen LogP contribution < -0.4 is 0 Å². The summed E-state index contributed by atoms with van der Waals surface area (Å²) in [5, 5.41) is 18.3. The van der Waals surface area contributed by atoms with Gasteiger partial charge >= 0.3 is 0 Å². The van der Waals surface area contributed by atoms with Crippen LogP contribution in [0, 0.1) is 10.1 Å². The number of carbonyl (C=O) groups excluding carboxylic acids is 1. The number of nitro groups is 1. The lowest BCUT2D eigenvalue weighted by Gasteiger charge is -1.96. The number of fused-ring (bicyclic) bond motifs is 1. The Kier molecular flexibility index (Phi) is 3.45. The van der Waals surface area contributed by atoms with Crippen molar-refractivity contribution >= 4 is 28.7 Å². The van der Waals surface area contributed by atoms with Gasteiger partial charge in [-0.15, -0.1) is 5.10 Å². The fraction of sp³-hybridized carbons (Fsp3) is 0. The standard InChI is InChI=1S/C15H10N4O3/c20-15(9-6-11-4-2-1-3-5-11)18-14-8-7-12(19(21)22)10-13(14)16-17-18/h1-10H/b9-6+. The first kappa shape index (κ1) is 13.6. The molecule has 0 N–H and O–H groups in total. The minimum absolute atomic E-state index is 0.0909. The number of hydrogen-bond acceptors (Lipinski definition) is 5. The molecule has 7 heteroatoms. The first-order chi connectivity index (χ1) is 10.6. The van der Waals surface area contributed by atoms with Crippen molar-refractivity contribution in [3.05, 3.63) is 70.3 Å². The number of carbonyl (C=O) groups is 1. The van der Waals surface area contributed by atoms with E-state index in [4.69, 9.17) is 0 Å². The van der Waals surface area contributed by atoms with E-state index in [2.05, 4.69) is 10.3 Å². The van der Waals surface area contributed by atoms with Crippen LogP contribution in [0.1, 0.15) is 10.4 Å². The Bertz CT molecular complexity index is 884. The third kappa shape index (κ3) is 2.59. The number of allylic oxidation sites excluding steroid dienone is 1. The van der Waals surface area contributed by atoms with E-state index in [1.54, 1.807) is 6.08 Å². The Balaban J connectivity index is 1.91. The second-order valence-electron chi connectivity index (χ2n) is 4.51. The van der Waals surface area contributed by atoms with Gasteiger partial charge in [-0.1, -0.05) is 35.5 Å². The van der Waals surface area contributed by atoms with Gasteiger partial charge in [-0.2, -0.15) is 4.68 Å². The second kappa shape index (κ2) is 5.57. The van der Waals surface area contributed by atoms with Crippen molar-refractivity contribution in [3.8, 4) is 0 Å². The predicted octanol–water partition coefficient (Wildman–Crippen LogP) is 2.69. The highest BCUT2D eigenvalue weighted by Gasteiger charge is 2.13. The molecule has 108 valence electrons. The molecule has 0 saturated carbocycles. The summed E-state index contributed by atoms with van der Waals surface area (Å²) in [6, 6.07) is 13.4. The molecule has 0 saturated heterocycles. The molecule has 0 aliphatic heterocycles. The van der Waals surface area contributed by atoms with E-state index in [9.17, 15) is 14.9 Å². The van der Waals surface area contributed by atoms with Crippen molar-refractivity contribution in [2.75, 3.05) is 0 Å². The Morgan fingerprint density at radius 3 is 2.68 bits per heavy atom. The zero-order valence-electron chi connectivity index (χ0n) is 11.3. The van der Waals surface area contributed by atoms with Crippen molar-refractivity contribution in [2.24, 2.45) is 0 Å². The van der Waals surface area contributed by atoms with E-state index in [0.29, 0.717) is 11.0 Å². The predicted molar refractivity (Wildman–Crippen MR) is 80.3 cm³/mol. The largest absolute Gasteiger partial charge is 0.272 e. The summed E-state index contributed by atoms with van der Waals surface area (Å²) >= 11 is 0. The summed E-state index contributed by atoms with van der Waals surface area (Å²) in [7, 11) is 0. The van der Waals surface area contributed by atoms with Crippen LogP contribution in [0.15, 0.2) is 54.6 Å². The van der Waals surface area contributed by atoms with Gasteiger partial charge in [0.15, 0.2) is 0 Å². The highest BCUT2D eigenvalue weighted by Crippen LogP contribution is 2.18. The molecule has 0 unspecified atom stereocenters. The average molecular weight is 294 g/mol. The normalized spacial score (nSPS) is 11.1. The molecule has 0 spiro atoms. The third-order valence-electron chi connectivity index (χ3n) is 3.07. The molecule has 0 fully saturated rings. The van der Waals surface area contributed by atoms with Crippen LogP contribution >= 0.6 is 0 Å². The van der Waals surface area contributed by atoms with Crippen molar-refractivity contribution < 1.29 is 9.72 Å². The van der Waals surface area contributed by atoms with Crippen molar-refractivity contribution in [2.45, 2.75) is 0 Å². The number of benzene rings is 2. The van der Waals surface area contributed by atoms with Crippen LogP contribution in [-0.2, 0) is 0 Å². The lowest BCUT2D eigenvalue weighted by atomic mass is 10.2. The van der Waals surface area contributed by atoms with Crippen molar-refractivity contribution in [3.63, 3.8) is 0 Å². The van der Waals surface area contributed by atoms with Crippen LogP contribution in [0.25, 0.3) is 17.1 Å². The maximum Gasteiger partial charge on any atom is 0.272 e. The number of rotatable bonds is 3. The summed E-state index contributed by atoms with van der Waals surface area (Å²) < 4.78 is 1.11. The minimum Gasteiger partial charge on any atom is -0.267 e. The van der Waals surface area contributed by atoms with Gasteiger partial charge in [-0.25, -0.2) is 0 Å². The number of nitrogens with zero attached hydrogens (tertiary/aromatic N) is 4. The van der Waals surface area contributed by atoms with Crippen LogP contribution in [0.4, 0.5) is 5.69 Å². The molecule has 0 atom stereocenters. The lowest BCUT2D eigenvalue weighted by molar-refractivity contribution is -0.384. The van der Waals surface area contributed by atoms with Crippen LogP contribution in [0.2, 0.25) is 0 Å². The molecule has 1 heterocycles. The monoisotopic (exact) mass is 294 g/mol. The van der Waals surface area contributed by atoms with Crippen molar-refractivity contribution in [1.82, 2.24) is 15.0 Å². The molecule has 3 rings (SSSR count). The third-order valence-corrected chi connectivity index (χ3v) is 3.07. The fourth-order valence-corrected chi connectivity index (χ4v) is 1.99. The Labute approximate surface area is 124 Å².